The van der Waals surface area contributed by atoms with E-state index in [1.807, 2.05) is 0 Å². The van der Waals surface area contributed by atoms with E-state index < -0.39 is 0 Å². The number of hydrogen-bond donors (Lipinski definition) is 1. The van der Waals surface area contributed by atoms with Crippen LogP contribution in [0.5, 0.6) is 0 Å². The van der Waals surface area contributed by atoms with Crippen molar-refractivity contribution in [3.8, 4) is 0 Å². The Hall–Kier alpha value is -0.490. The van der Waals surface area contributed by atoms with Gasteiger partial charge in [0.15, 0.2) is 0 Å². The van der Waals surface area contributed by atoms with Crippen LogP contribution in [0.3, 0.4) is 0 Å². The molecule has 2 heterocycles. The number of hydrogen-bond acceptors (Lipinski definition) is 5. The molecule has 4 nitrogen and oxygen atoms in total. The highest BCUT2D eigenvalue weighted by Crippen LogP contribution is 2.19. The predicted octanol–water partition coefficient (Wildman–Crippen LogP) is 0.908. The van der Waals surface area contributed by atoms with E-state index in [0.717, 1.165) is 38.4 Å². The van der Waals surface area contributed by atoms with E-state index in [0.29, 0.717) is 0 Å². The van der Waals surface area contributed by atoms with E-state index in [1.165, 1.54) is 5.01 Å². The van der Waals surface area contributed by atoms with Gasteiger partial charge in [-0.15, -0.1) is 11.3 Å². The molecule has 0 aromatic carbocycles. The SMILES string of the molecule is CN(C)CCc1nc(C2COCCN2)cs1. The standard InChI is InChI=1S/C11H19N3OS/c1-14(2)5-3-11-13-10(8-16-11)9-7-15-6-4-12-9/h8-9,12H,3-7H2,1-2H3. The molecule has 0 saturated carbocycles. The van der Waals surface area contributed by atoms with Crippen molar-refractivity contribution in [2.45, 2.75) is 12.5 Å². The van der Waals surface area contributed by atoms with Gasteiger partial charge in [-0.1, -0.05) is 0 Å². The van der Waals surface area contributed by atoms with Crippen molar-refractivity contribution in [1.82, 2.24) is 15.2 Å². The Morgan fingerprint density at radius 1 is 1.62 bits per heavy atom. The molecular formula is C11H19N3OS. The molecule has 1 aliphatic rings. The molecule has 1 unspecified atom stereocenters. The monoisotopic (exact) mass is 241 g/mol. The number of thiazole rings is 1. The Morgan fingerprint density at radius 2 is 2.50 bits per heavy atom. The van der Waals surface area contributed by atoms with Crippen molar-refractivity contribution in [1.29, 1.82) is 0 Å². The number of nitrogens with one attached hydrogen (secondary N) is 1. The topological polar surface area (TPSA) is 37.4 Å². The molecule has 16 heavy (non-hydrogen) atoms. The molecule has 1 fully saturated rings. The number of ether oxygens (including phenoxy) is 1. The minimum absolute atomic E-state index is 0.290. The van der Waals surface area contributed by atoms with Gasteiger partial charge in [-0.3, -0.25) is 0 Å². The molecule has 1 saturated heterocycles. The summed E-state index contributed by atoms with van der Waals surface area (Å²) in [6, 6.07) is 0.290. The Labute approximate surface area is 101 Å². The fourth-order valence-electron chi connectivity index (χ4n) is 1.67. The van der Waals surface area contributed by atoms with Crippen molar-refractivity contribution >= 4 is 11.3 Å². The molecule has 1 N–H and O–H groups in total. The third kappa shape index (κ3) is 3.25. The number of rotatable bonds is 4. The predicted molar refractivity (Wildman–Crippen MR) is 65.9 cm³/mol. The van der Waals surface area contributed by atoms with Crippen LogP contribution in [0.2, 0.25) is 0 Å². The lowest BCUT2D eigenvalue weighted by Crippen LogP contribution is -2.34. The van der Waals surface area contributed by atoms with Gasteiger partial charge in [0.2, 0.25) is 0 Å². The van der Waals surface area contributed by atoms with E-state index >= 15 is 0 Å². The summed E-state index contributed by atoms with van der Waals surface area (Å²) < 4.78 is 5.44. The number of aromatic nitrogens is 1. The molecule has 0 radical (unpaired) electrons. The molecular weight excluding hydrogens is 222 g/mol. The highest BCUT2D eigenvalue weighted by molar-refractivity contribution is 7.09. The molecule has 0 spiro atoms. The fourth-order valence-corrected chi connectivity index (χ4v) is 2.52. The van der Waals surface area contributed by atoms with Crippen molar-refractivity contribution in [3.63, 3.8) is 0 Å². The van der Waals surface area contributed by atoms with Crippen LogP contribution >= 0.6 is 11.3 Å². The lowest BCUT2D eigenvalue weighted by Gasteiger charge is -2.22. The number of likely N-dealkylation sites (N-methyl/N-ethyl adjacent to an activating group) is 1. The Balaban J connectivity index is 1.90. The zero-order valence-electron chi connectivity index (χ0n) is 9.90. The average Bonchev–Trinajstić information content (AvgIpc) is 2.76. The highest BCUT2D eigenvalue weighted by Gasteiger charge is 2.17. The van der Waals surface area contributed by atoms with Gasteiger partial charge in [0.25, 0.3) is 0 Å². The maximum atomic E-state index is 5.44. The van der Waals surface area contributed by atoms with Crippen LogP contribution in [0.1, 0.15) is 16.7 Å². The fraction of sp³-hybridized carbons (Fsp3) is 0.727. The lowest BCUT2D eigenvalue weighted by molar-refractivity contribution is 0.0757. The maximum absolute atomic E-state index is 5.44. The van der Waals surface area contributed by atoms with Crippen LogP contribution in [0.4, 0.5) is 0 Å². The van der Waals surface area contributed by atoms with Gasteiger partial charge < -0.3 is 15.0 Å². The number of morpholine rings is 1. The Kier molecular flexibility index (Phi) is 4.29. The second-order valence-electron chi connectivity index (χ2n) is 4.30. The second kappa shape index (κ2) is 5.72. The van der Waals surface area contributed by atoms with Gasteiger partial charge in [-0.25, -0.2) is 4.98 Å². The molecule has 0 aliphatic carbocycles. The Bertz CT molecular complexity index is 321. The molecule has 5 heteroatoms. The molecule has 1 atom stereocenters. The minimum Gasteiger partial charge on any atom is -0.378 e. The van der Waals surface area contributed by atoms with Gasteiger partial charge in [0.05, 0.1) is 30.0 Å². The minimum atomic E-state index is 0.290. The quantitative estimate of drug-likeness (QED) is 0.850. The van der Waals surface area contributed by atoms with Gasteiger partial charge in [0.1, 0.15) is 0 Å². The van der Waals surface area contributed by atoms with Gasteiger partial charge in [-0.2, -0.15) is 0 Å². The van der Waals surface area contributed by atoms with Gasteiger partial charge in [-0.05, 0) is 14.1 Å². The first-order chi connectivity index (χ1) is 7.75. The van der Waals surface area contributed by atoms with E-state index in [9.17, 15) is 0 Å². The number of nitrogens with zero attached hydrogens (tertiary/aromatic N) is 2. The third-order valence-corrected chi connectivity index (χ3v) is 3.55. The lowest BCUT2D eigenvalue weighted by atomic mass is 10.2. The van der Waals surface area contributed by atoms with Crippen molar-refractivity contribution in [2.24, 2.45) is 0 Å². The largest absolute Gasteiger partial charge is 0.378 e. The zero-order chi connectivity index (χ0) is 11.4. The van der Waals surface area contributed by atoms with Crippen molar-refractivity contribution in [2.75, 3.05) is 40.4 Å². The summed E-state index contributed by atoms with van der Waals surface area (Å²) in [5, 5.41) is 6.79. The van der Waals surface area contributed by atoms with Crippen LogP contribution in [0.15, 0.2) is 5.38 Å². The molecule has 1 aromatic heterocycles. The summed E-state index contributed by atoms with van der Waals surface area (Å²) in [5.41, 5.74) is 1.14. The summed E-state index contributed by atoms with van der Waals surface area (Å²) in [5.74, 6) is 0. The van der Waals surface area contributed by atoms with E-state index in [2.05, 4.69) is 34.7 Å². The van der Waals surface area contributed by atoms with E-state index in [1.54, 1.807) is 11.3 Å². The highest BCUT2D eigenvalue weighted by atomic mass is 32.1. The summed E-state index contributed by atoms with van der Waals surface area (Å²) in [7, 11) is 4.18. The van der Waals surface area contributed by atoms with Crippen LogP contribution in [-0.4, -0.2) is 50.3 Å². The van der Waals surface area contributed by atoms with Gasteiger partial charge >= 0.3 is 0 Å². The first-order valence-corrected chi connectivity index (χ1v) is 6.54. The smallest absolute Gasteiger partial charge is 0.0941 e. The van der Waals surface area contributed by atoms with E-state index in [4.69, 9.17) is 4.74 Å². The second-order valence-corrected chi connectivity index (χ2v) is 5.24. The van der Waals surface area contributed by atoms with Crippen LogP contribution < -0.4 is 5.32 Å². The molecule has 2 rings (SSSR count). The van der Waals surface area contributed by atoms with Crippen LogP contribution in [0, 0.1) is 0 Å². The first-order valence-electron chi connectivity index (χ1n) is 5.66. The average molecular weight is 241 g/mol. The molecule has 90 valence electrons. The third-order valence-electron chi connectivity index (χ3n) is 2.62. The maximum Gasteiger partial charge on any atom is 0.0941 e. The van der Waals surface area contributed by atoms with Crippen molar-refractivity contribution in [3.05, 3.63) is 16.1 Å². The summed E-state index contributed by atoms with van der Waals surface area (Å²) >= 11 is 1.75. The van der Waals surface area contributed by atoms with Crippen LogP contribution in [-0.2, 0) is 11.2 Å². The molecule has 1 aliphatic heterocycles. The van der Waals surface area contributed by atoms with Crippen LogP contribution in [0.25, 0.3) is 0 Å². The van der Waals surface area contributed by atoms with Gasteiger partial charge in [0, 0.05) is 24.9 Å². The summed E-state index contributed by atoms with van der Waals surface area (Å²) in [6.45, 7) is 3.54. The molecule has 0 bridgehead atoms. The first kappa shape index (κ1) is 12.0. The van der Waals surface area contributed by atoms with E-state index in [-0.39, 0.29) is 6.04 Å². The molecule has 0 amide bonds. The van der Waals surface area contributed by atoms with Crippen molar-refractivity contribution < 1.29 is 4.74 Å². The molecule has 1 aromatic rings. The zero-order valence-corrected chi connectivity index (χ0v) is 10.7. The summed E-state index contributed by atoms with van der Waals surface area (Å²) in [6.07, 6.45) is 1.03. The summed E-state index contributed by atoms with van der Waals surface area (Å²) in [4.78, 5) is 6.84. The Morgan fingerprint density at radius 3 is 3.19 bits per heavy atom. The normalized spacial score (nSPS) is 21.6.